The molecule has 2 aromatic rings. The van der Waals surface area contributed by atoms with Gasteiger partial charge >= 0.3 is 5.97 Å². The van der Waals surface area contributed by atoms with E-state index in [0.717, 1.165) is 30.8 Å². The molecule has 1 amide bonds. The largest absolute Gasteiger partial charge is 0.465 e. The van der Waals surface area contributed by atoms with Gasteiger partial charge < -0.3 is 9.64 Å². The molecule has 3 rings (SSSR count). The summed E-state index contributed by atoms with van der Waals surface area (Å²) in [5, 5.41) is 4.39. The first-order chi connectivity index (χ1) is 13.7. The molecule has 1 aliphatic rings. The number of aromatic nitrogens is 2. The minimum absolute atomic E-state index is 0.158. The average Bonchev–Trinajstić information content (AvgIpc) is 3.06. The zero-order valence-corrected chi connectivity index (χ0v) is 16.4. The quantitative estimate of drug-likeness (QED) is 0.682. The van der Waals surface area contributed by atoms with Crippen molar-refractivity contribution in [3.05, 3.63) is 48.3 Å². The van der Waals surface area contributed by atoms with Crippen LogP contribution in [0.1, 0.15) is 25.3 Å². The smallest absolute Gasteiger partial charge is 0.320 e. The maximum atomic E-state index is 12.6. The van der Waals surface area contributed by atoms with E-state index in [-0.39, 0.29) is 11.9 Å². The Morgan fingerprint density at radius 1 is 1.11 bits per heavy atom. The fourth-order valence-corrected chi connectivity index (χ4v) is 3.39. The number of benzene rings is 1. The number of carbonyl (C=O) groups is 2. The van der Waals surface area contributed by atoms with Crippen LogP contribution in [0.4, 0.5) is 0 Å². The topological polar surface area (TPSA) is 67.7 Å². The van der Waals surface area contributed by atoms with E-state index in [9.17, 15) is 9.59 Å². The standard InChI is InChI=1S/C21H28N4O3/c1-2-28-21(27)17-23-11-6-12-24(14-13-23)20(26)10-9-18-15-22-25(16-18)19-7-4-3-5-8-19/h3-5,7-8,15-16H,2,6,9-14,17H2,1H3. The number of para-hydroxylation sites is 1. The summed E-state index contributed by atoms with van der Waals surface area (Å²) in [5.41, 5.74) is 2.06. The van der Waals surface area contributed by atoms with Gasteiger partial charge in [0.15, 0.2) is 0 Å². The van der Waals surface area contributed by atoms with E-state index in [1.807, 2.05) is 59.2 Å². The zero-order chi connectivity index (χ0) is 19.8. The van der Waals surface area contributed by atoms with Gasteiger partial charge in [0.25, 0.3) is 0 Å². The zero-order valence-electron chi connectivity index (χ0n) is 16.4. The lowest BCUT2D eigenvalue weighted by Gasteiger charge is -2.21. The molecule has 1 saturated heterocycles. The average molecular weight is 384 g/mol. The van der Waals surface area contributed by atoms with Gasteiger partial charge in [-0.25, -0.2) is 4.68 Å². The Morgan fingerprint density at radius 3 is 2.71 bits per heavy atom. The SMILES string of the molecule is CCOC(=O)CN1CCCN(C(=O)CCc2cnn(-c3ccccc3)c2)CC1. The minimum Gasteiger partial charge on any atom is -0.465 e. The molecule has 7 nitrogen and oxygen atoms in total. The van der Waals surface area contributed by atoms with E-state index in [4.69, 9.17) is 4.74 Å². The molecule has 1 aromatic carbocycles. The van der Waals surface area contributed by atoms with E-state index in [1.165, 1.54) is 0 Å². The molecule has 150 valence electrons. The first-order valence-corrected chi connectivity index (χ1v) is 9.90. The molecule has 2 heterocycles. The summed E-state index contributed by atoms with van der Waals surface area (Å²) < 4.78 is 6.84. The highest BCUT2D eigenvalue weighted by Crippen LogP contribution is 2.11. The molecule has 0 N–H and O–H groups in total. The third-order valence-electron chi connectivity index (χ3n) is 4.88. The molecular formula is C21H28N4O3. The van der Waals surface area contributed by atoms with Crippen molar-refractivity contribution in [2.45, 2.75) is 26.2 Å². The Hall–Kier alpha value is -2.67. The summed E-state index contributed by atoms with van der Waals surface area (Å²) in [6, 6.07) is 9.93. The van der Waals surface area contributed by atoms with E-state index in [0.29, 0.717) is 39.1 Å². The number of hydrogen-bond donors (Lipinski definition) is 0. The molecule has 0 aliphatic carbocycles. The third-order valence-corrected chi connectivity index (χ3v) is 4.88. The van der Waals surface area contributed by atoms with Gasteiger partial charge in [-0.2, -0.15) is 5.10 Å². The molecule has 0 saturated carbocycles. The van der Waals surface area contributed by atoms with E-state index < -0.39 is 0 Å². The lowest BCUT2D eigenvalue weighted by molar-refractivity contribution is -0.144. The Morgan fingerprint density at radius 2 is 1.93 bits per heavy atom. The van der Waals surface area contributed by atoms with Crippen LogP contribution >= 0.6 is 0 Å². The van der Waals surface area contributed by atoms with Crippen molar-refractivity contribution in [1.82, 2.24) is 19.6 Å². The van der Waals surface area contributed by atoms with Crippen molar-refractivity contribution in [3.63, 3.8) is 0 Å². The normalized spacial score (nSPS) is 15.2. The maximum Gasteiger partial charge on any atom is 0.320 e. The van der Waals surface area contributed by atoms with Crippen LogP contribution in [-0.2, 0) is 20.7 Å². The highest BCUT2D eigenvalue weighted by Gasteiger charge is 2.20. The molecule has 0 bridgehead atoms. The molecule has 0 atom stereocenters. The number of hydrogen-bond acceptors (Lipinski definition) is 5. The van der Waals surface area contributed by atoms with Crippen molar-refractivity contribution in [2.24, 2.45) is 0 Å². The van der Waals surface area contributed by atoms with Gasteiger partial charge in [-0.15, -0.1) is 0 Å². The van der Waals surface area contributed by atoms with Crippen molar-refractivity contribution in [2.75, 3.05) is 39.3 Å². The number of ether oxygens (including phenoxy) is 1. The number of rotatable bonds is 7. The molecule has 1 aromatic heterocycles. The number of esters is 1. The van der Waals surface area contributed by atoms with Crippen molar-refractivity contribution in [1.29, 1.82) is 0 Å². The Kier molecular flexibility index (Phi) is 7.19. The van der Waals surface area contributed by atoms with Crippen LogP contribution in [0.5, 0.6) is 0 Å². The fourth-order valence-electron chi connectivity index (χ4n) is 3.39. The summed E-state index contributed by atoms with van der Waals surface area (Å²) in [5.74, 6) is -0.0387. The number of aryl methyl sites for hydroxylation is 1. The number of carbonyl (C=O) groups excluding carboxylic acids is 2. The molecular weight excluding hydrogens is 356 g/mol. The summed E-state index contributed by atoms with van der Waals surface area (Å²) in [7, 11) is 0. The van der Waals surface area contributed by atoms with Crippen LogP contribution in [0.3, 0.4) is 0 Å². The molecule has 7 heteroatoms. The predicted octanol–water partition coefficient (Wildman–Crippen LogP) is 1.90. The molecule has 0 spiro atoms. The van der Waals surface area contributed by atoms with Crippen LogP contribution in [-0.4, -0.2) is 70.8 Å². The van der Waals surface area contributed by atoms with E-state index >= 15 is 0 Å². The van der Waals surface area contributed by atoms with Gasteiger partial charge in [-0.05, 0) is 37.5 Å². The summed E-state index contributed by atoms with van der Waals surface area (Å²) >= 11 is 0. The third kappa shape index (κ3) is 5.66. The van der Waals surface area contributed by atoms with Gasteiger partial charge in [0.2, 0.25) is 5.91 Å². The van der Waals surface area contributed by atoms with Crippen molar-refractivity contribution in [3.8, 4) is 5.69 Å². The van der Waals surface area contributed by atoms with Gasteiger partial charge in [-0.1, -0.05) is 18.2 Å². The summed E-state index contributed by atoms with van der Waals surface area (Å²) in [4.78, 5) is 28.2. The van der Waals surface area contributed by atoms with Gasteiger partial charge in [0, 0.05) is 38.8 Å². The molecule has 28 heavy (non-hydrogen) atoms. The fraction of sp³-hybridized carbons (Fsp3) is 0.476. The Labute approximate surface area is 165 Å². The molecule has 0 radical (unpaired) electrons. The summed E-state index contributed by atoms with van der Waals surface area (Å²) in [6.45, 7) is 5.42. The molecule has 1 aliphatic heterocycles. The monoisotopic (exact) mass is 384 g/mol. The van der Waals surface area contributed by atoms with Crippen molar-refractivity contribution < 1.29 is 14.3 Å². The van der Waals surface area contributed by atoms with Crippen LogP contribution < -0.4 is 0 Å². The van der Waals surface area contributed by atoms with Crippen LogP contribution in [0.15, 0.2) is 42.7 Å². The maximum absolute atomic E-state index is 12.6. The van der Waals surface area contributed by atoms with Gasteiger partial charge in [0.1, 0.15) is 0 Å². The first-order valence-electron chi connectivity index (χ1n) is 9.90. The van der Waals surface area contributed by atoms with Crippen LogP contribution in [0, 0.1) is 0 Å². The van der Waals surface area contributed by atoms with Crippen molar-refractivity contribution >= 4 is 11.9 Å². The number of amides is 1. The highest BCUT2D eigenvalue weighted by molar-refractivity contribution is 5.76. The van der Waals surface area contributed by atoms with E-state index in [2.05, 4.69) is 10.00 Å². The van der Waals surface area contributed by atoms with Crippen LogP contribution in [0.25, 0.3) is 5.69 Å². The second-order valence-electron chi connectivity index (χ2n) is 6.94. The van der Waals surface area contributed by atoms with Gasteiger partial charge in [0.05, 0.1) is 25.0 Å². The second-order valence-corrected chi connectivity index (χ2v) is 6.94. The number of nitrogens with zero attached hydrogens (tertiary/aromatic N) is 4. The Balaban J connectivity index is 1.46. The van der Waals surface area contributed by atoms with Gasteiger partial charge in [-0.3, -0.25) is 14.5 Å². The lowest BCUT2D eigenvalue weighted by atomic mass is 10.2. The highest BCUT2D eigenvalue weighted by atomic mass is 16.5. The van der Waals surface area contributed by atoms with E-state index in [1.54, 1.807) is 0 Å². The lowest BCUT2D eigenvalue weighted by Crippen LogP contribution is -2.37. The first kappa shape index (κ1) is 20.1. The van der Waals surface area contributed by atoms with Crippen LogP contribution in [0.2, 0.25) is 0 Å². The molecule has 0 unspecified atom stereocenters. The Bertz CT molecular complexity index is 775. The molecule has 1 fully saturated rings. The second kappa shape index (κ2) is 10.0. The minimum atomic E-state index is -0.197. The predicted molar refractivity (Wildman–Crippen MR) is 106 cm³/mol. The summed E-state index contributed by atoms with van der Waals surface area (Å²) in [6.07, 6.45) is 5.82.